The van der Waals surface area contributed by atoms with Gasteiger partial charge in [-0.05, 0) is 55.4 Å². The number of nitrogens with zero attached hydrogens (tertiary/aromatic N) is 3. The molecular formula is C33H38N3O+. The normalized spacial score (nSPS) is 14.7. The summed E-state index contributed by atoms with van der Waals surface area (Å²) in [6.45, 7) is 11.4. The van der Waals surface area contributed by atoms with Crippen molar-refractivity contribution in [3.63, 3.8) is 0 Å². The van der Waals surface area contributed by atoms with E-state index in [1.54, 1.807) is 0 Å². The molecule has 37 heavy (non-hydrogen) atoms. The molecule has 0 amide bonds. The number of imidazole rings is 1. The van der Waals surface area contributed by atoms with Crippen LogP contribution in [-0.2, 0) is 7.05 Å². The molecule has 0 saturated heterocycles. The number of fused-ring (bicyclic) bond motifs is 2. The van der Waals surface area contributed by atoms with Gasteiger partial charge in [0.05, 0.1) is 7.05 Å². The van der Waals surface area contributed by atoms with Gasteiger partial charge in [0.1, 0.15) is 16.8 Å². The van der Waals surface area contributed by atoms with E-state index in [9.17, 15) is 0 Å². The average Bonchev–Trinajstić information content (AvgIpc) is 3.62. The van der Waals surface area contributed by atoms with Gasteiger partial charge in [-0.3, -0.25) is 0 Å². The van der Waals surface area contributed by atoms with Crippen LogP contribution in [0, 0.1) is 6.92 Å². The van der Waals surface area contributed by atoms with Crippen molar-refractivity contribution in [3.8, 4) is 17.1 Å². The fourth-order valence-electron chi connectivity index (χ4n) is 6.32. The first kappa shape index (κ1) is 24.0. The van der Waals surface area contributed by atoms with E-state index < -0.39 is 0 Å². The second-order valence-electron chi connectivity index (χ2n) is 11.4. The van der Waals surface area contributed by atoms with Crippen LogP contribution < -0.4 is 4.57 Å². The van der Waals surface area contributed by atoms with Gasteiger partial charge in [0.15, 0.2) is 22.5 Å². The van der Waals surface area contributed by atoms with Gasteiger partial charge in [0.25, 0.3) is 5.82 Å². The van der Waals surface area contributed by atoms with Gasteiger partial charge in [-0.2, -0.15) is 4.57 Å². The molecule has 0 radical (unpaired) electrons. The molecule has 0 atom stereocenters. The standard InChI is InChI=1S/C33H38N3O/c1-20(2)24-14-11-15-25(21(3)4)30(24)36-28-17-10-9-16-27(28)35(6)33(36)29-22(5)18-19-26-31(29)37-32(34-26)23-12-7-8-13-23/h9-11,14-21,23H,7-8,12-13H2,1-6H3/q+1. The third-order valence-corrected chi connectivity index (χ3v) is 8.29. The van der Waals surface area contributed by atoms with Crippen LogP contribution in [0.2, 0.25) is 0 Å². The summed E-state index contributed by atoms with van der Waals surface area (Å²) < 4.78 is 11.5. The van der Waals surface area contributed by atoms with E-state index in [2.05, 4.69) is 105 Å². The van der Waals surface area contributed by atoms with Crippen LogP contribution in [-0.4, -0.2) is 9.55 Å². The van der Waals surface area contributed by atoms with Gasteiger partial charge in [0, 0.05) is 17.0 Å². The number of para-hydroxylation sites is 3. The molecular weight excluding hydrogens is 454 g/mol. The minimum atomic E-state index is 0.393. The van der Waals surface area contributed by atoms with Gasteiger partial charge in [-0.25, -0.2) is 9.55 Å². The van der Waals surface area contributed by atoms with Crippen molar-refractivity contribution in [1.82, 2.24) is 9.55 Å². The first-order chi connectivity index (χ1) is 17.9. The molecule has 0 spiro atoms. The summed E-state index contributed by atoms with van der Waals surface area (Å²) in [6.07, 6.45) is 4.88. The zero-order valence-corrected chi connectivity index (χ0v) is 23.0. The molecule has 0 bridgehead atoms. The van der Waals surface area contributed by atoms with Crippen molar-refractivity contribution in [1.29, 1.82) is 0 Å². The molecule has 0 aliphatic heterocycles. The summed E-state index contributed by atoms with van der Waals surface area (Å²) in [4.78, 5) is 5.01. The molecule has 1 aliphatic rings. The van der Waals surface area contributed by atoms with Crippen molar-refractivity contribution in [2.75, 3.05) is 0 Å². The second-order valence-corrected chi connectivity index (χ2v) is 11.4. The highest BCUT2D eigenvalue weighted by Gasteiger charge is 2.34. The summed E-state index contributed by atoms with van der Waals surface area (Å²) >= 11 is 0. The predicted molar refractivity (Wildman–Crippen MR) is 152 cm³/mol. The fraction of sp³-hybridized carbons (Fsp3) is 0.394. The SMILES string of the molecule is Cc1ccc2nc(C3CCCC3)oc2c1-c1n(-c2c(C(C)C)cccc2C(C)C)c2ccccc2[n+]1C. The van der Waals surface area contributed by atoms with E-state index in [-0.39, 0.29) is 0 Å². The maximum absolute atomic E-state index is 6.68. The maximum Gasteiger partial charge on any atom is 0.299 e. The molecule has 2 heterocycles. The zero-order chi connectivity index (χ0) is 25.8. The lowest BCUT2D eigenvalue weighted by Gasteiger charge is -2.18. The molecule has 0 unspecified atom stereocenters. The zero-order valence-electron chi connectivity index (χ0n) is 23.0. The van der Waals surface area contributed by atoms with E-state index in [0.717, 1.165) is 28.4 Å². The van der Waals surface area contributed by atoms with Gasteiger partial charge in [-0.15, -0.1) is 0 Å². The molecule has 0 N–H and O–H groups in total. The molecule has 5 aromatic rings. The van der Waals surface area contributed by atoms with Crippen LogP contribution in [0.5, 0.6) is 0 Å². The third kappa shape index (κ3) is 3.80. The van der Waals surface area contributed by atoms with Gasteiger partial charge >= 0.3 is 0 Å². The van der Waals surface area contributed by atoms with Crippen LogP contribution in [0.1, 0.15) is 93.7 Å². The smallest absolute Gasteiger partial charge is 0.299 e. The van der Waals surface area contributed by atoms with E-state index in [1.165, 1.54) is 59.1 Å². The number of hydrogen-bond acceptors (Lipinski definition) is 2. The Morgan fingerprint density at radius 1 is 0.892 bits per heavy atom. The van der Waals surface area contributed by atoms with E-state index in [4.69, 9.17) is 9.40 Å². The topological polar surface area (TPSA) is 34.8 Å². The molecule has 1 fully saturated rings. The van der Waals surface area contributed by atoms with E-state index in [1.807, 2.05) is 0 Å². The van der Waals surface area contributed by atoms with Crippen molar-refractivity contribution in [3.05, 3.63) is 77.2 Å². The number of aromatic nitrogens is 3. The first-order valence-corrected chi connectivity index (χ1v) is 13.9. The lowest BCUT2D eigenvalue weighted by atomic mass is 9.92. The van der Waals surface area contributed by atoms with Gasteiger partial charge < -0.3 is 4.42 Å². The van der Waals surface area contributed by atoms with Crippen molar-refractivity contribution < 1.29 is 8.98 Å². The van der Waals surface area contributed by atoms with Crippen molar-refractivity contribution in [2.24, 2.45) is 7.05 Å². The van der Waals surface area contributed by atoms with Gasteiger partial charge in [-0.1, -0.05) is 76.9 Å². The number of hydrogen-bond donors (Lipinski definition) is 0. The quantitative estimate of drug-likeness (QED) is 0.231. The fourth-order valence-corrected chi connectivity index (χ4v) is 6.32. The monoisotopic (exact) mass is 492 g/mol. The van der Waals surface area contributed by atoms with Crippen molar-refractivity contribution in [2.45, 2.75) is 78.1 Å². The minimum absolute atomic E-state index is 0.393. The number of benzene rings is 3. The van der Waals surface area contributed by atoms with Crippen LogP contribution in [0.3, 0.4) is 0 Å². The molecule has 6 rings (SSSR count). The lowest BCUT2D eigenvalue weighted by Crippen LogP contribution is -2.30. The second kappa shape index (κ2) is 9.16. The number of oxazole rings is 1. The van der Waals surface area contributed by atoms with Crippen LogP contribution in [0.25, 0.3) is 39.2 Å². The molecule has 4 heteroatoms. The highest BCUT2D eigenvalue weighted by molar-refractivity contribution is 5.92. The molecule has 3 aromatic carbocycles. The Labute approximate surface area is 220 Å². The summed E-state index contributed by atoms with van der Waals surface area (Å²) in [5.74, 6) is 3.28. The third-order valence-electron chi connectivity index (χ3n) is 8.29. The minimum Gasteiger partial charge on any atom is -0.439 e. The lowest BCUT2D eigenvalue weighted by molar-refractivity contribution is -0.633. The molecule has 2 aromatic heterocycles. The van der Waals surface area contributed by atoms with Crippen molar-refractivity contribution >= 4 is 22.1 Å². The Bertz CT molecular complexity index is 1590. The average molecular weight is 493 g/mol. The van der Waals surface area contributed by atoms with E-state index >= 15 is 0 Å². The molecule has 4 nitrogen and oxygen atoms in total. The molecule has 190 valence electrons. The number of rotatable bonds is 5. The highest BCUT2D eigenvalue weighted by Crippen LogP contribution is 2.41. The summed E-state index contributed by atoms with van der Waals surface area (Å²) in [7, 11) is 2.19. The van der Waals surface area contributed by atoms with Crippen LogP contribution >= 0.6 is 0 Å². The Morgan fingerprint density at radius 2 is 1.57 bits per heavy atom. The molecule has 1 aliphatic carbocycles. The summed E-state index contributed by atoms with van der Waals surface area (Å²) in [6, 6.07) is 19.9. The highest BCUT2D eigenvalue weighted by atomic mass is 16.3. The Morgan fingerprint density at radius 3 is 2.24 bits per heavy atom. The Balaban J connectivity index is 1.74. The maximum atomic E-state index is 6.68. The van der Waals surface area contributed by atoms with Crippen LogP contribution in [0.4, 0.5) is 0 Å². The Kier molecular flexibility index (Phi) is 5.94. The van der Waals surface area contributed by atoms with Gasteiger partial charge in [0.2, 0.25) is 0 Å². The molecule has 1 saturated carbocycles. The number of aryl methyl sites for hydroxylation is 2. The first-order valence-electron chi connectivity index (χ1n) is 13.9. The summed E-state index contributed by atoms with van der Waals surface area (Å²) in [5, 5.41) is 0. The predicted octanol–water partition coefficient (Wildman–Crippen LogP) is 8.48. The largest absolute Gasteiger partial charge is 0.439 e. The summed E-state index contributed by atoms with van der Waals surface area (Å²) in [5.41, 5.74) is 10.7. The Hall–Kier alpha value is -3.40. The van der Waals surface area contributed by atoms with E-state index in [0.29, 0.717) is 17.8 Å². The van der Waals surface area contributed by atoms with Crippen LogP contribution in [0.15, 0.2) is 59.0 Å².